The molecule has 0 aliphatic heterocycles. The van der Waals surface area contributed by atoms with E-state index in [9.17, 15) is 9.59 Å². The summed E-state index contributed by atoms with van der Waals surface area (Å²) >= 11 is 0. The molecular formula is C15H28O4. The highest BCUT2D eigenvalue weighted by atomic mass is 16.5. The third-order valence-corrected chi connectivity index (χ3v) is 2.60. The molecule has 0 atom stereocenters. The van der Waals surface area contributed by atoms with E-state index in [1.165, 1.54) is 12.8 Å². The number of rotatable bonds is 11. The van der Waals surface area contributed by atoms with Crippen LogP contribution in [0.2, 0.25) is 0 Å². The second-order valence-electron chi connectivity index (χ2n) is 5.21. The summed E-state index contributed by atoms with van der Waals surface area (Å²) in [5.41, 5.74) is 0. The standard InChI is InChI=1S/C15H28O4/c1-4-5-6-7-11-18-14(16)9-8-10-15(17)19-12-13(2)3/h13H,4-12H2,1-3H3. The van der Waals surface area contributed by atoms with Gasteiger partial charge in [0.05, 0.1) is 13.2 Å². The van der Waals surface area contributed by atoms with Crippen LogP contribution >= 0.6 is 0 Å². The van der Waals surface area contributed by atoms with E-state index in [2.05, 4.69) is 6.92 Å². The highest BCUT2D eigenvalue weighted by Gasteiger charge is 2.07. The molecule has 0 spiro atoms. The molecule has 0 bridgehead atoms. The average molecular weight is 272 g/mol. The van der Waals surface area contributed by atoms with E-state index in [1.54, 1.807) is 0 Å². The smallest absolute Gasteiger partial charge is 0.305 e. The van der Waals surface area contributed by atoms with Gasteiger partial charge in [0.1, 0.15) is 0 Å². The SMILES string of the molecule is CCCCCCOC(=O)CCCC(=O)OCC(C)C. The van der Waals surface area contributed by atoms with E-state index < -0.39 is 0 Å². The molecule has 0 saturated heterocycles. The quantitative estimate of drug-likeness (QED) is 0.427. The first-order chi connectivity index (χ1) is 9.06. The monoisotopic (exact) mass is 272 g/mol. The molecule has 0 amide bonds. The third kappa shape index (κ3) is 13.2. The number of ether oxygens (including phenoxy) is 2. The van der Waals surface area contributed by atoms with Crippen LogP contribution in [-0.4, -0.2) is 25.2 Å². The van der Waals surface area contributed by atoms with Gasteiger partial charge in [-0.05, 0) is 18.8 Å². The van der Waals surface area contributed by atoms with E-state index in [-0.39, 0.29) is 18.4 Å². The fraction of sp³-hybridized carbons (Fsp3) is 0.867. The summed E-state index contributed by atoms with van der Waals surface area (Å²) in [6, 6.07) is 0. The van der Waals surface area contributed by atoms with E-state index in [0.717, 1.165) is 12.8 Å². The molecule has 0 heterocycles. The van der Waals surface area contributed by atoms with Crippen LogP contribution in [0.25, 0.3) is 0 Å². The van der Waals surface area contributed by atoms with Crippen LogP contribution in [0.4, 0.5) is 0 Å². The van der Waals surface area contributed by atoms with Gasteiger partial charge in [-0.1, -0.05) is 40.0 Å². The largest absolute Gasteiger partial charge is 0.466 e. The van der Waals surface area contributed by atoms with Crippen molar-refractivity contribution in [3.05, 3.63) is 0 Å². The minimum absolute atomic E-state index is 0.215. The topological polar surface area (TPSA) is 52.6 Å². The summed E-state index contributed by atoms with van der Waals surface area (Å²) in [6.07, 6.45) is 5.47. The fourth-order valence-electron chi connectivity index (χ4n) is 1.50. The van der Waals surface area contributed by atoms with E-state index in [4.69, 9.17) is 9.47 Å². The molecule has 0 saturated carbocycles. The molecule has 0 fully saturated rings. The van der Waals surface area contributed by atoms with Crippen molar-refractivity contribution in [1.82, 2.24) is 0 Å². The Kier molecular flexibility index (Phi) is 11.3. The summed E-state index contributed by atoms with van der Waals surface area (Å²) in [7, 11) is 0. The van der Waals surface area contributed by atoms with E-state index >= 15 is 0 Å². The van der Waals surface area contributed by atoms with Crippen LogP contribution in [-0.2, 0) is 19.1 Å². The van der Waals surface area contributed by atoms with Crippen molar-refractivity contribution in [2.45, 2.75) is 65.7 Å². The van der Waals surface area contributed by atoms with Crippen LogP contribution in [0.3, 0.4) is 0 Å². The Morgan fingerprint density at radius 1 is 0.895 bits per heavy atom. The lowest BCUT2D eigenvalue weighted by atomic mass is 10.2. The minimum atomic E-state index is -0.232. The minimum Gasteiger partial charge on any atom is -0.466 e. The molecular weight excluding hydrogens is 244 g/mol. The van der Waals surface area contributed by atoms with Gasteiger partial charge in [-0.25, -0.2) is 0 Å². The molecule has 0 aliphatic rings. The van der Waals surface area contributed by atoms with Gasteiger partial charge in [0.15, 0.2) is 0 Å². The maximum atomic E-state index is 11.3. The molecule has 0 rings (SSSR count). The summed E-state index contributed by atoms with van der Waals surface area (Å²) in [5.74, 6) is -0.102. The number of unbranched alkanes of at least 4 members (excludes halogenated alkanes) is 3. The summed E-state index contributed by atoms with van der Waals surface area (Å²) in [5, 5.41) is 0. The lowest BCUT2D eigenvalue weighted by Gasteiger charge is -2.07. The van der Waals surface area contributed by atoms with Crippen LogP contribution < -0.4 is 0 Å². The van der Waals surface area contributed by atoms with Gasteiger partial charge >= 0.3 is 11.9 Å². The molecule has 0 N–H and O–H groups in total. The van der Waals surface area contributed by atoms with Crippen molar-refractivity contribution < 1.29 is 19.1 Å². The van der Waals surface area contributed by atoms with Gasteiger partial charge in [0.2, 0.25) is 0 Å². The molecule has 112 valence electrons. The predicted octanol–water partition coefficient (Wildman–Crippen LogP) is 3.48. The molecule has 0 aromatic heterocycles. The number of esters is 2. The highest BCUT2D eigenvalue weighted by molar-refractivity contribution is 5.72. The van der Waals surface area contributed by atoms with E-state index in [1.807, 2.05) is 13.8 Å². The maximum Gasteiger partial charge on any atom is 0.305 e. The molecule has 19 heavy (non-hydrogen) atoms. The van der Waals surface area contributed by atoms with Crippen LogP contribution in [0.1, 0.15) is 65.7 Å². The van der Waals surface area contributed by atoms with Crippen molar-refractivity contribution in [3.63, 3.8) is 0 Å². The van der Waals surface area contributed by atoms with Crippen LogP contribution in [0, 0.1) is 5.92 Å². The second-order valence-corrected chi connectivity index (χ2v) is 5.21. The Balaban J connectivity index is 3.39. The second kappa shape index (κ2) is 12.0. The number of hydrogen-bond acceptors (Lipinski definition) is 4. The molecule has 0 aliphatic carbocycles. The lowest BCUT2D eigenvalue weighted by molar-refractivity contribution is -0.146. The summed E-state index contributed by atoms with van der Waals surface area (Å²) in [6.45, 7) is 7.06. The zero-order chi connectivity index (χ0) is 14.5. The number of hydrogen-bond donors (Lipinski definition) is 0. The lowest BCUT2D eigenvalue weighted by Crippen LogP contribution is -2.11. The zero-order valence-corrected chi connectivity index (χ0v) is 12.6. The summed E-state index contributed by atoms with van der Waals surface area (Å²) in [4.78, 5) is 22.6. The Hall–Kier alpha value is -1.06. The average Bonchev–Trinajstić information content (AvgIpc) is 2.36. The Bertz CT molecular complexity index is 249. The van der Waals surface area contributed by atoms with Gasteiger partial charge in [-0.15, -0.1) is 0 Å². The highest BCUT2D eigenvalue weighted by Crippen LogP contribution is 2.03. The fourth-order valence-corrected chi connectivity index (χ4v) is 1.50. The van der Waals surface area contributed by atoms with Crippen LogP contribution in [0.5, 0.6) is 0 Å². The third-order valence-electron chi connectivity index (χ3n) is 2.60. The Labute approximate surface area is 116 Å². The first-order valence-electron chi connectivity index (χ1n) is 7.37. The molecule has 4 nitrogen and oxygen atoms in total. The first-order valence-corrected chi connectivity index (χ1v) is 7.37. The normalized spacial score (nSPS) is 10.5. The van der Waals surface area contributed by atoms with E-state index in [0.29, 0.717) is 32.0 Å². The molecule has 4 heteroatoms. The first kappa shape index (κ1) is 17.9. The van der Waals surface area contributed by atoms with Crippen molar-refractivity contribution in [1.29, 1.82) is 0 Å². The predicted molar refractivity (Wildman–Crippen MR) is 74.7 cm³/mol. The Morgan fingerprint density at radius 2 is 1.53 bits per heavy atom. The molecule has 0 radical (unpaired) electrons. The van der Waals surface area contributed by atoms with Gasteiger partial charge in [-0.3, -0.25) is 9.59 Å². The van der Waals surface area contributed by atoms with Crippen LogP contribution in [0.15, 0.2) is 0 Å². The van der Waals surface area contributed by atoms with Crippen molar-refractivity contribution >= 4 is 11.9 Å². The molecule has 0 aromatic rings. The van der Waals surface area contributed by atoms with Crippen molar-refractivity contribution in [2.24, 2.45) is 5.92 Å². The zero-order valence-electron chi connectivity index (χ0n) is 12.6. The van der Waals surface area contributed by atoms with Gasteiger partial charge in [0.25, 0.3) is 0 Å². The van der Waals surface area contributed by atoms with Gasteiger partial charge in [0, 0.05) is 12.8 Å². The van der Waals surface area contributed by atoms with Crippen molar-refractivity contribution in [2.75, 3.05) is 13.2 Å². The van der Waals surface area contributed by atoms with Gasteiger partial charge < -0.3 is 9.47 Å². The summed E-state index contributed by atoms with van der Waals surface area (Å²) < 4.78 is 10.1. The number of carbonyl (C=O) groups excluding carboxylic acids is 2. The Morgan fingerprint density at radius 3 is 2.11 bits per heavy atom. The van der Waals surface area contributed by atoms with Gasteiger partial charge in [-0.2, -0.15) is 0 Å². The number of carbonyl (C=O) groups is 2. The molecule has 0 unspecified atom stereocenters. The maximum absolute atomic E-state index is 11.3. The molecule has 0 aromatic carbocycles. The van der Waals surface area contributed by atoms with Crippen molar-refractivity contribution in [3.8, 4) is 0 Å².